The maximum absolute atomic E-state index is 12.1. The molecule has 0 radical (unpaired) electrons. The molecule has 0 saturated carbocycles. The Balaban J connectivity index is 0.000000238. The lowest BCUT2D eigenvalue weighted by Crippen LogP contribution is -2.14. The van der Waals surface area contributed by atoms with Crippen molar-refractivity contribution < 1.29 is 29.3 Å². The van der Waals surface area contributed by atoms with E-state index in [1.807, 2.05) is 6.07 Å². The minimum absolute atomic E-state index is 0.0608. The van der Waals surface area contributed by atoms with Crippen molar-refractivity contribution in [2.24, 2.45) is 5.92 Å². The number of esters is 1. The fourth-order valence-electron chi connectivity index (χ4n) is 4.67. The van der Waals surface area contributed by atoms with Gasteiger partial charge in [0.05, 0.1) is 34.4 Å². The van der Waals surface area contributed by atoms with E-state index in [2.05, 4.69) is 29.0 Å². The first-order valence-corrected chi connectivity index (χ1v) is 19.2. The summed E-state index contributed by atoms with van der Waals surface area (Å²) in [7, 11) is 0. The lowest BCUT2D eigenvalue weighted by Gasteiger charge is -2.14. The molecule has 2 aromatic carbocycles. The van der Waals surface area contributed by atoms with E-state index in [9.17, 15) is 24.6 Å². The number of nitrogens with zero attached hydrogens (tertiary/aromatic N) is 5. The Morgan fingerprint density at radius 2 is 1.40 bits per heavy atom. The molecule has 11 nitrogen and oxygen atoms in total. The third-order valence-electron chi connectivity index (χ3n) is 7.45. The average molecular weight is 805 g/mol. The summed E-state index contributed by atoms with van der Waals surface area (Å²) in [5.74, 6) is -1.59. The van der Waals surface area contributed by atoms with E-state index >= 15 is 0 Å². The monoisotopic (exact) mass is 803 g/mol. The van der Waals surface area contributed by atoms with Gasteiger partial charge in [0.2, 0.25) is 0 Å². The zero-order chi connectivity index (χ0) is 37.6. The van der Waals surface area contributed by atoms with Crippen LogP contribution in [0.1, 0.15) is 66.9 Å². The first kappa shape index (κ1) is 40.8. The summed E-state index contributed by atoms with van der Waals surface area (Å²) < 4.78 is 8.42. The predicted octanol–water partition coefficient (Wildman–Crippen LogP) is 9.89. The summed E-state index contributed by atoms with van der Waals surface area (Å²) in [4.78, 5) is 39.4. The summed E-state index contributed by atoms with van der Waals surface area (Å²) in [6, 6.07) is 20.6. The Kier molecular flexibility index (Phi) is 15.9. The molecule has 0 aliphatic rings. The molecule has 3 aromatic heterocycles. The summed E-state index contributed by atoms with van der Waals surface area (Å²) in [5.41, 5.74) is 1.06. The molecule has 0 fully saturated rings. The highest BCUT2D eigenvalue weighted by Crippen LogP contribution is 2.32. The summed E-state index contributed by atoms with van der Waals surface area (Å²) >= 11 is 20.9. The van der Waals surface area contributed by atoms with E-state index < -0.39 is 11.9 Å². The lowest BCUT2D eigenvalue weighted by atomic mass is 10.0. The molecule has 5 rings (SSSR count). The van der Waals surface area contributed by atoms with Crippen LogP contribution in [0.25, 0.3) is 11.4 Å². The molecular weight excluding hydrogens is 769 g/mol. The summed E-state index contributed by atoms with van der Waals surface area (Å²) in [6.45, 7) is 4.72. The van der Waals surface area contributed by atoms with Crippen molar-refractivity contribution in [3.05, 3.63) is 106 Å². The van der Waals surface area contributed by atoms with E-state index in [4.69, 9.17) is 39.5 Å². The van der Waals surface area contributed by atoms with Crippen molar-refractivity contribution in [3.8, 4) is 11.4 Å². The van der Waals surface area contributed by atoms with Gasteiger partial charge < -0.3 is 14.9 Å². The van der Waals surface area contributed by atoms with Gasteiger partial charge in [-0.25, -0.2) is 23.9 Å². The maximum atomic E-state index is 12.1. The molecule has 3 heterocycles. The smallest absolute Gasteiger partial charge is 0.356 e. The van der Waals surface area contributed by atoms with Gasteiger partial charge in [-0.15, -0.1) is 11.8 Å². The molecule has 1 atom stereocenters. The zero-order valence-corrected chi connectivity index (χ0v) is 32.1. The van der Waals surface area contributed by atoms with Crippen LogP contribution < -0.4 is 0 Å². The largest absolute Gasteiger partial charge is 0.476 e. The van der Waals surface area contributed by atoms with Gasteiger partial charge in [0.25, 0.3) is 0 Å². The molecule has 2 N–H and O–H groups in total. The first-order valence-electron chi connectivity index (χ1n) is 16.2. The minimum atomic E-state index is -1.12. The number of para-hydroxylation sites is 2. The quantitative estimate of drug-likeness (QED) is 0.0558. The van der Waals surface area contributed by atoms with Gasteiger partial charge in [0.1, 0.15) is 15.2 Å². The topological polar surface area (TPSA) is 149 Å². The van der Waals surface area contributed by atoms with Crippen molar-refractivity contribution in [3.63, 3.8) is 0 Å². The van der Waals surface area contributed by atoms with Gasteiger partial charge in [-0.2, -0.15) is 10.2 Å². The highest BCUT2D eigenvalue weighted by Gasteiger charge is 2.19. The van der Waals surface area contributed by atoms with E-state index in [1.54, 1.807) is 60.8 Å². The number of rotatable bonds is 16. The van der Waals surface area contributed by atoms with Crippen LogP contribution in [0.5, 0.6) is 0 Å². The first-order chi connectivity index (χ1) is 25.0. The van der Waals surface area contributed by atoms with Crippen molar-refractivity contribution in [1.29, 1.82) is 0 Å². The zero-order valence-electron chi connectivity index (χ0n) is 28.2. The Hall–Kier alpha value is -4.01. The van der Waals surface area contributed by atoms with Gasteiger partial charge in [-0.05, 0) is 48.7 Å². The van der Waals surface area contributed by atoms with Gasteiger partial charge in [-0.1, -0.05) is 104 Å². The number of unbranched alkanes of at least 4 members (excludes halogenated alkanes) is 1. The number of carbonyl (C=O) groups excluding carboxylic acids is 1. The Bertz CT molecular complexity index is 1970. The minimum Gasteiger partial charge on any atom is -0.476 e. The van der Waals surface area contributed by atoms with Crippen molar-refractivity contribution in [1.82, 2.24) is 24.5 Å². The molecular formula is C36H36Cl3N5O6S2. The number of pyridine rings is 1. The van der Waals surface area contributed by atoms with Crippen LogP contribution in [0.15, 0.2) is 93.9 Å². The molecule has 274 valence electrons. The fourth-order valence-corrected chi connectivity index (χ4v) is 7.02. The molecule has 0 aliphatic carbocycles. The van der Waals surface area contributed by atoms with Crippen LogP contribution in [0.3, 0.4) is 0 Å². The van der Waals surface area contributed by atoms with Crippen LogP contribution in [-0.2, 0) is 9.53 Å². The van der Waals surface area contributed by atoms with Gasteiger partial charge in [0.15, 0.2) is 11.4 Å². The van der Waals surface area contributed by atoms with E-state index in [-0.39, 0.29) is 23.8 Å². The van der Waals surface area contributed by atoms with Crippen molar-refractivity contribution >= 4 is 76.2 Å². The predicted molar refractivity (Wildman–Crippen MR) is 204 cm³/mol. The number of halogens is 3. The second-order valence-electron chi connectivity index (χ2n) is 11.2. The molecule has 0 aliphatic heterocycles. The lowest BCUT2D eigenvalue weighted by molar-refractivity contribution is -0.144. The van der Waals surface area contributed by atoms with E-state index in [0.717, 1.165) is 30.6 Å². The Morgan fingerprint density at radius 1 is 0.827 bits per heavy atom. The SMILES string of the molecule is CCCCC(CC)COC(=O)CCSc1cc(C(=O)O)nn1-c1ccccc1Cl.O=C(O)c1cc(Sc2ccc(Cl)nc2)n(-c2ccccc2Cl)n1. The molecule has 1 unspecified atom stereocenters. The third-order valence-corrected chi connectivity index (χ3v) is 10.3. The number of benzene rings is 2. The maximum Gasteiger partial charge on any atom is 0.356 e. The van der Waals surface area contributed by atoms with Crippen LogP contribution in [-0.4, -0.2) is 65.0 Å². The number of aromatic carboxylic acids is 2. The normalized spacial score (nSPS) is 11.4. The van der Waals surface area contributed by atoms with Crippen LogP contribution in [0, 0.1) is 5.92 Å². The Morgan fingerprint density at radius 3 is 1.92 bits per heavy atom. The van der Waals surface area contributed by atoms with Crippen molar-refractivity contribution in [2.75, 3.05) is 12.4 Å². The molecule has 16 heteroatoms. The fraction of sp³-hybridized carbons (Fsp3) is 0.278. The van der Waals surface area contributed by atoms with Crippen LogP contribution in [0.4, 0.5) is 0 Å². The number of aromatic nitrogens is 5. The third kappa shape index (κ3) is 11.8. The van der Waals surface area contributed by atoms with Gasteiger partial charge in [0, 0.05) is 29.0 Å². The molecule has 0 amide bonds. The summed E-state index contributed by atoms with van der Waals surface area (Å²) in [5, 5.41) is 29.3. The van der Waals surface area contributed by atoms with Gasteiger partial charge >= 0.3 is 17.9 Å². The molecule has 52 heavy (non-hydrogen) atoms. The summed E-state index contributed by atoms with van der Waals surface area (Å²) in [6.07, 6.45) is 6.20. The number of ether oxygens (including phenoxy) is 1. The number of carboxylic acids is 2. The van der Waals surface area contributed by atoms with Crippen LogP contribution in [0.2, 0.25) is 15.2 Å². The standard InChI is InChI=1S/C21H27ClN2O4S.C15H9Cl2N3O2S/c1-3-5-8-15(4-2)14-28-20(25)11-12-29-19-13-17(21(26)27)23-24(19)18-10-7-6-9-16(18)22;16-10-3-1-2-4-12(10)20-14(7-11(19-20)15(21)22)23-9-5-6-13(17)18-8-9/h6-7,9-10,13,15H,3-5,8,11-12,14H2,1-2H3,(H,26,27);1-8H,(H,21,22). The highest BCUT2D eigenvalue weighted by molar-refractivity contribution is 7.99. The van der Waals surface area contributed by atoms with E-state index in [1.165, 1.54) is 45.0 Å². The molecule has 0 spiro atoms. The molecule has 5 aromatic rings. The molecule has 0 saturated heterocycles. The van der Waals surface area contributed by atoms with Crippen LogP contribution >= 0.6 is 58.3 Å². The average Bonchev–Trinajstić information content (AvgIpc) is 3.75. The highest BCUT2D eigenvalue weighted by atomic mass is 35.5. The Labute approximate surface area is 324 Å². The van der Waals surface area contributed by atoms with E-state index in [0.29, 0.717) is 54.9 Å². The second kappa shape index (κ2) is 20.3. The number of thioether (sulfide) groups is 1. The molecule has 0 bridgehead atoms. The number of hydrogen-bond donors (Lipinski definition) is 2. The number of hydrogen-bond acceptors (Lipinski definition) is 9. The number of carbonyl (C=O) groups is 3. The number of carboxylic acid groups (broad SMARTS) is 2. The van der Waals surface area contributed by atoms with Crippen molar-refractivity contribution in [2.45, 2.75) is 60.9 Å². The second-order valence-corrected chi connectivity index (χ2v) is 14.6. The van der Waals surface area contributed by atoms with Gasteiger partial charge in [-0.3, -0.25) is 4.79 Å².